The van der Waals surface area contributed by atoms with Crippen LogP contribution in [0.4, 0.5) is 0 Å². The van der Waals surface area contributed by atoms with Gasteiger partial charge >= 0.3 is 0 Å². The lowest BCUT2D eigenvalue weighted by Crippen LogP contribution is -2.65. The summed E-state index contributed by atoms with van der Waals surface area (Å²) in [7, 11) is 0. The van der Waals surface area contributed by atoms with Crippen LogP contribution in [0.3, 0.4) is 0 Å². The molecular weight excluding hydrogens is 200 g/mol. The van der Waals surface area contributed by atoms with Gasteiger partial charge in [0.15, 0.2) is 0 Å². The molecule has 0 aromatic carbocycles. The number of aliphatic hydroxyl groups excluding tert-OH is 1. The Morgan fingerprint density at radius 1 is 1.71 bits per heavy atom. The molecule has 2 saturated heterocycles. The molecule has 5 heteroatoms. The van der Waals surface area contributed by atoms with Crippen LogP contribution in [0.2, 0.25) is 0 Å². The molecule has 2 aliphatic heterocycles. The highest BCUT2D eigenvalue weighted by Gasteiger charge is 2.48. The summed E-state index contributed by atoms with van der Waals surface area (Å²) in [5.74, 6) is 1.11. The zero-order valence-corrected chi connectivity index (χ0v) is 9.14. The Bertz CT molecular complexity index is 241. The first-order valence-corrected chi connectivity index (χ1v) is 5.96. The van der Waals surface area contributed by atoms with E-state index in [1.54, 1.807) is 6.92 Å². The van der Waals surface area contributed by atoms with E-state index in [1.807, 2.05) is 16.7 Å². The Labute approximate surface area is 88.0 Å². The molecule has 14 heavy (non-hydrogen) atoms. The number of hydrogen-bond donors (Lipinski definition) is 2. The maximum absolute atomic E-state index is 11.8. The molecule has 2 N–H and O–H groups in total. The van der Waals surface area contributed by atoms with Gasteiger partial charge in [0.25, 0.3) is 0 Å². The molecule has 2 fully saturated rings. The van der Waals surface area contributed by atoms with Crippen molar-refractivity contribution >= 4 is 17.7 Å². The number of nitrogens with zero attached hydrogens (tertiary/aromatic N) is 1. The molecule has 2 heterocycles. The van der Waals surface area contributed by atoms with Gasteiger partial charge in [-0.15, -0.1) is 11.8 Å². The number of rotatable bonds is 2. The lowest BCUT2D eigenvalue weighted by atomic mass is 10.1. The summed E-state index contributed by atoms with van der Waals surface area (Å²) in [5.41, 5.74) is 0. The second kappa shape index (κ2) is 3.72. The van der Waals surface area contributed by atoms with E-state index in [0.717, 1.165) is 25.4 Å². The standard InChI is InChI=1S/C9H16N2O2S/c1-7(12)4-8(13)11-2-3-14-9(11)5-10-6-9/h7,10,12H,2-6H2,1H3/t7-/m1/s1. The van der Waals surface area contributed by atoms with Crippen molar-refractivity contribution in [3.8, 4) is 0 Å². The van der Waals surface area contributed by atoms with Gasteiger partial charge in [0.1, 0.15) is 4.87 Å². The first kappa shape index (κ1) is 10.3. The largest absolute Gasteiger partial charge is 0.393 e. The Morgan fingerprint density at radius 2 is 2.43 bits per heavy atom. The highest BCUT2D eigenvalue weighted by atomic mass is 32.2. The molecule has 2 aliphatic rings. The number of amides is 1. The van der Waals surface area contributed by atoms with Crippen molar-refractivity contribution in [2.45, 2.75) is 24.3 Å². The first-order chi connectivity index (χ1) is 6.64. The molecule has 4 nitrogen and oxygen atoms in total. The molecule has 0 aliphatic carbocycles. The fourth-order valence-corrected chi connectivity index (χ4v) is 3.37. The summed E-state index contributed by atoms with van der Waals surface area (Å²) in [6, 6.07) is 0. The molecule has 80 valence electrons. The van der Waals surface area contributed by atoms with Gasteiger partial charge in [0, 0.05) is 25.4 Å². The predicted molar refractivity (Wildman–Crippen MR) is 56.1 cm³/mol. The molecule has 0 unspecified atom stereocenters. The van der Waals surface area contributed by atoms with E-state index in [2.05, 4.69) is 5.32 Å². The third-order valence-corrected chi connectivity index (χ3v) is 4.18. The quantitative estimate of drug-likeness (QED) is 0.661. The monoisotopic (exact) mass is 216 g/mol. The van der Waals surface area contributed by atoms with E-state index in [-0.39, 0.29) is 17.2 Å². The molecule has 1 spiro atoms. The van der Waals surface area contributed by atoms with Crippen molar-refractivity contribution < 1.29 is 9.90 Å². The van der Waals surface area contributed by atoms with E-state index in [0.29, 0.717) is 0 Å². The number of thioether (sulfide) groups is 1. The predicted octanol–water partition coefficient (Wildman–Crippen LogP) is -0.368. The van der Waals surface area contributed by atoms with Crippen molar-refractivity contribution in [2.24, 2.45) is 0 Å². The molecule has 1 amide bonds. The van der Waals surface area contributed by atoms with Crippen LogP contribution in [0.15, 0.2) is 0 Å². The van der Waals surface area contributed by atoms with Gasteiger partial charge in [-0.25, -0.2) is 0 Å². The normalized spacial score (nSPS) is 26.3. The van der Waals surface area contributed by atoms with Gasteiger partial charge in [-0.1, -0.05) is 0 Å². The summed E-state index contributed by atoms with van der Waals surface area (Å²) in [4.78, 5) is 13.7. The number of carbonyl (C=O) groups excluding carboxylic acids is 1. The van der Waals surface area contributed by atoms with Gasteiger partial charge in [0.2, 0.25) is 5.91 Å². The third-order valence-electron chi connectivity index (χ3n) is 2.75. The fourth-order valence-electron chi connectivity index (χ4n) is 1.96. The Morgan fingerprint density at radius 3 is 2.93 bits per heavy atom. The maximum Gasteiger partial charge on any atom is 0.226 e. The second-order valence-corrected chi connectivity index (χ2v) is 5.45. The zero-order valence-electron chi connectivity index (χ0n) is 8.32. The van der Waals surface area contributed by atoms with Crippen molar-refractivity contribution in [2.75, 3.05) is 25.4 Å². The summed E-state index contributed by atoms with van der Waals surface area (Å²) in [6.07, 6.45) is -0.277. The van der Waals surface area contributed by atoms with Crippen LogP contribution in [0.5, 0.6) is 0 Å². The zero-order chi connectivity index (χ0) is 10.2. The number of aliphatic hydroxyl groups is 1. The van der Waals surface area contributed by atoms with Crippen molar-refractivity contribution in [1.82, 2.24) is 10.2 Å². The molecule has 0 aromatic heterocycles. The van der Waals surface area contributed by atoms with Crippen LogP contribution in [0.25, 0.3) is 0 Å². The fraction of sp³-hybridized carbons (Fsp3) is 0.889. The molecule has 1 atom stereocenters. The number of nitrogens with one attached hydrogen (secondary N) is 1. The number of hydrogen-bond acceptors (Lipinski definition) is 4. The van der Waals surface area contributed by atoms with Gasteiger partial charge in [-0.05, 0) is 6.92 Å². The van der Waals surface area contributed by atoms with Crippen LogP contribution in [-0.2, 0) is 4.79 Å². The van der Waals surface area contributed by atoms with Crippen LogP contribution in [0.1, 0.15) is 13.3 Å². The lowest BCUT2D eigenvalue weighted by Gasteiger charge is -2.45. The average molecular weight is 216 g/mol. The molecule has 0 saturated carbocycles. The van der Waals surface area contributed by atoms with E-state index >= 15 is 0 Å². The molecular formula is C9H16N2O2S. The SMILES string of the molecule is C[C@@H](O)CC(=O)N1CCSC12CNC2. The van der Waals surface area contributed by atoms with Crippen LogP contribution in [0, 0.1) is 0 Å². The van der Waals surface area contributed by atoms with Gasteiger partial charge in [-0.3, -0.25) is 4.79 Å². The Hall–Kier alpha value is -0.260. The smallest absolute Gasteiger partial charge is 0.226 e. The van der Waals surface area contributed by atoms with Crippen LogP contribution in [-0.4, -0.2) is 52.3 Å². The molecule has 0 radical (unpaired) electrons. The van der Waals surface area contributed by atoms with E-state index in [9.17, 15) is 9.90 Å². The lowest BCUT2D eigenvalue weighted by molar-refractivity contribution is -0.136. The molecule has 2 rings (SSSR count). The maximum atomic E-state index is 11.8. The first-order valence-electron chi connectivity index (χ1n) is 4.97. The van der Waals surface area contributed by atoms with Crippen LogP contribution < -0.4 is 5.32 Å². The molecule has 0 bridgehead atoms. The van der Waals surface area contributed by atoms with Gasteiger partial charge in [0.05, 0.1) is 12.5 Å². The van der Waals surface area contributed by atoms with Gasteiger partial charge in [-0.2, -0.15) is 0 Å². The van der Waals surface area contributed by atoms with Crippen molar-refractivity contribution in [3.05, 3.63) is 0 Å². The number of carbonyl (C=O) groups is 1. The summed E-state index contributed by atoms with van der Waals surface area (Å²) in [5, 5.41) is 12.4. The van der Waals surface area contributed by atoms with E-state index < -0.39 is 6.10 Å². The second-order valence-electron chi connectivity index (χ2n) is 4.00. The third kappa shape index (κ3) is 1.64. The summed E-state index contributed by atoms with van der Waals surface area (Å²) in [6.45, 7) is 4.27. The molecule has 0 aromatic rings. The Balaban J connectivity index is 1.99. The average Bonchev–Trinajstić information content (AvgIpc) is 2.44. The minimum Gasteiger partial charge on any atom is -0.393 e. The summed E-state index contributed by atoms with van der Waals surface area (Å²) >= 11 is 1.86. The van der Waals surface area contributed by atoms with Crippen molar-refractivity contribution in [1.29, 1.82) is 0 Å². The van der Waals surface area contributed by atoms with E-state index in [1.165, 1.54) is 0 Å². The van der Waals surface area contributed by atoms with Crippen LogP contribution >= 0.6 is 11.8 Å². The minimum atomic E-state index is -0.529. The van der Waals surface area contributed by atoms with Gasteiger partial charge < -0.3 is 15.3 Å². The highest BCUT2D eigenvalue weighted by Crippen LogP contribution is 2.39. The minimum absolute atomic E-state index is 0.0198. The van der Waals surface area contributed by atoms with E-state index in [4.69, 9.17) is 0 Å². The topological polar surface area (TPSA) is 52.6 Å². The Kier molecular flexibility index (Phi) is 2.72. The highest BCUT2D eigenvalue weighted by molar-refractivity contribution is 8.01. The van der Waals surface area contributed by atoms with Crippen molar-refractivity contribution in [3.63, 3.8) is 0 Å². The summed E-state index contributed by atoms with van der Waals surface area (Å²) < 4.78 is 0.